The van der Waals surface area contributed by atoms with Crippen molar-refractivity contribution in [3.05, 3.63) is 11.9 Å². The van der Waals surface area contributed by atoms with Gasteiger partial charge in [-0.15, -0.1) is 0 Å². The van der Waals surface area contributed by atoms with Crippen LogP contribution >= 0.6 is 0 Å². The van der Waals surface area contributed by atoms with Gasteiger partial charge in [-0.3, -0.25) is 9.69 Å². The summed E-state index contributed by atoms with van der Waals surface area (Å²) in [5, 5.41) is 0. The molecule has 0 saturated carbocycles. The molecule has 1 aromatic rings. The Kier molecular flexibility index (Phi) is 4.83. The number of nitrogens with zero attached hydrogens (tertiary/aromatic N) is 3. The van der Waals surface area contributed by atoms with Gasteiger partial charge in [0, 0.05) is 0 Å². The van der Waals surface area contributed by atoms with E-state index in [0.717, 1.165) is 0 Å². The lowest BCUT2D eigenvalue weighted by Crippen LogP contribution is -2.48. The zero-order valence-electron chi connectivity index (χ0n) is 12.4. The summed E-state index contributed by atoms with van der Waals surface area (Å²) in [5.74, 6) is 0.384. The smallest absolute Gasteiger partial charge is 0.246 e. The summed E-state index contributed by atoms with van der Waals surface area (Å²) in [7, 11) is 6.68. The molecule has 0 radical (unpaired) electrons. The van der Waals surface area contributed by atoms with E-state index in [-0.39, 0.29) is 17.4 Å². The maximum absolute atomic E-state index is 12.7. The van der Waals surface area contributed by atoms with E-state index in [9.17, 15) is 4.79 Å². The van der Waals surface area contributed by atoms with Crippen molar-refractivity contribution in [2.24, 2.45) is 0 Å². The van der Waals surface area contributed by atoms with Crippen LogP contribution in [0.1, 0.15) is 30.8 Å². The zero-order valence-corrected chi connectivity index (χ0v) is 12.4. The van der Waals surface area contributed by atoms with E-state index in [1.54, 1.807) is 0 Å². The van der Waals surface area contributed by atoms with Gasteiger partial charge in [0.2, 0.25) is 17.5 Å². The normalized spacial score (nSPS) is 14.1. The number of ketones is 1. The molecule has 1 atom stereocenters. The van der Waals surface area contributed by atoms with Crippen LogP contribution in [0.25, 0.3) is 0 Å². The number of aromatic nitrogens is 2. The number of carbonyl (C=O) groups is 1. The third kappa shape index (κ3) is 2.84. The average Bonchev–Trinajstić information content (AvgIpc) is 2.44. The molecule has 0 N–H and O–H groups in total. The number of likely N-dealkylation sites (N-methyl/N-ethyl adjacent to an activating group) is 1. The van der Waals surface area contributed by atoms with E-state index in [0.29, 0.717) is 12.3 Å². The molecule has 0 aliphatic heterocycles. The second-order valence-corrected chi connectivity index (χ2v) is 4.62. The van der Waals surface area contributed by atoms with Gasteiger partial charge >= 0.3 is 0 Å². The molecule has 19 heavy (non-hydrogen) atoms. The molecule has 0 aromatic carbocycles. The minimum Gasteiger partial charge on any atom is -0.480 e. The Labute approximate surface area is 113 Å². The Balaban J connectivity index is 3.26. The summed E-state index contributed by atoms with van der Waals surface area (Å²) < 4.78 is 10.1. The summed E-state index contributed by atoms with van der Waals surface area (Å²) >= 11 is 0. The van der Waals surface area contributed by atoms with Crippen molar-refractivity contribution in [1.82, 2.24) is 14.9 Å². The Bertz CT molecular complexity index is 462. The standard InChI is InChI=1S/C13H21N3O3/c1-7-13(2,16(3)4)11(17)10-12(19-6)15-9(18-5)8-14-10/h8H,7H2,1-6H3. The predicted octanol–water partition coefficient (Wildman–Crippen LogP) is 1.41. The minimum absolute atomic E-state index is 0.119. The first-order valence-corrected chi connectivity index (χ1v) is 6.08. The first kappa shape index (κ1) is 15.4. The van der Waals surface area contributed by atoms with E-state index >= 15 is 0 Å². The lowest BCUT2D eigenvalue weighted by atomic mass is 9.90. The molecule has 1 heterocycles. The predicted molar refractivity (Wildman–Crippen MR) is 71.8 cm³/mol. The van der Waals surface area contributed by atoms with Gasteiger partial charge < -0.3 is 9.47 Å². The SMILES string of the molecule is CCC(C)(C(=O)c1ncc(OC)nc1OC)N(C)C. The molecule has 0 bridgehead atoms. The Hall–Kier alpha value is -1.69. The summed E-state index contributed by atoms with van der Waals surface area (Å²) in [6.45, 7) is 3.84. The molecular weight excluding hydrogens is 246 g/mol. The number of carbonyl (C=O) groups excluding carboxylic acids is 1. The zero-order chi connectivity index (χ0) is 14.6. The number of hydrogen-bond acceptors (Lipinski definition) is 6. The summed E-state index contributed by atoms with van der Waals surface area (Å²) in [5.41, 5.74) is -0.419. The minimum atomic E-state index is -0.642. The van der Waals surface area contributed by atoms with Crippen LogP contribution < -0.4 is 9.47 Å². The highest BCUT2D eigenvalue weighted by atomic mass is 16.5. The van der Waals surface area contributed by atoms with Crippen molar-refractivity contribution in [2.45, 2.75) is 25.8 Å². The fourth-order valence-corrected chi connectivity index (χ4v) is 1.69. The van der Waals surface area contributed by atoms with E-state index < -0.39 is 5.54 Å². The third-order valence-electron chi connectivity index (χ3n) is 3.50. The van der Waals surface area contributed by atoms with Crippen LogP contribution in [-0.4, -0.2) is 54.5 Å². The summed E-state index contributed by atoms with van der Waals surface area (Å²) in [6.07, 6.45) is 2.08. The molecule has 0 spiro atoms. The average molecular weight is 267 g/mol. The van der Waals surface area contributed by atoms with Crippen molar-refractivity contribution in [3.8, 4) is 11.8 Å². The summed E-state index contributed by atoms with van der Waals surface area (Å²) in [6, 6.07) is 0. The molecule has 1 aromatic heterocycles. The van der Waals surface area contributed by atoms with Crippen molar-refractivity contribution in [2.75, 3.05) is 28.3 Å². The number of Topliss-reactive ketones (excluding diaryl/α,β-unsaturated/α-hetero) is 1. The monoisotopic (exact) mass is 267 g/mol. The van der Waals surface area contributed by atoms with Gasteiger partial charge in [0.1, 0.15) is 0 Å². The van der Waals surface area contributed by atoms with Gasteiger partial charge in [0.25, 0.3) is 0 Å². The van der Waals surface area contributed by atoms with Crippen LogP contribution in [0.3, 0.4) is 0 Å². The molecule has 0 saturated heterocycles. The van der Waals surface area contributed by atoms with Gasteiger partial charge in [-0.2, -0.15) is 4.98 Å². The van der Waals surface area contributed by atoms with E-state index in [2.05, 4.69) is 9.97 Å². The topological polar surface area (TPSA) is 64.5 Å². The van der Waals surface area contributed by atoms with Crippen LogP contribution in [0.15, 0.2) is 6.20 Å². The van der Waals surface area contributed by atoms with Crippen molar-refractivity contribution in [1.29, 1.82) is 0 Å². The number of methoxy groups -OCH3 is 2. The molecule has 106 valence electrons. The Morgan fingerprint density at radius 1 is 1.37 bits per heavy atom. The van der Waals surface area contributed by atoms with Gasteiger partial charge in [-0.25, -0.2) is 4.98 Å². The quantitative estimate of drug-likeness (QED) is 0.726. The Morgan fingerprint density at radius 2 is 2.00 bits per heavy atom. The van der Waals surface area contributed by atoms with Gasteiger partial charge in [-0.1, -0.05) is 6.92 Å². The van der Waals surface area contributed by atoms with Crippen molar-refractivity contribution >= 4 is 5.78 Å². The first-order chi connectivity index (χ1) is 8.90. The number of hydrogen-bond donors (Lipinski definition) is 0. The fraction of sp³-hybridized carbons (Fsp3) is 0.615. The van der Waals surface area contributed by atoms with Crippen LogP contribution in [0.4, 0.5) is 0 Å². The molecule has 0 aliphatic rings. The fourth-order valence-electron chi connectivity index (χ4n) is 1.69. The maximum Gasteiger partial charge on any atom is 0.246 e. The van der Waals surface area contributed by atoms with Gasteiger partial charge in [0.15, 0.2) is 5.69 Å². The van der Waals surface area contributed by atoms with E-state index in [1.165, 1.54) is 20.4 Å². The van der Waals surface area contributed by atoms with Crippen molar-refractivity contribution in [3.63, 3.8) is 0 Å². The highest BCUT2D eigenvalue weighted by Gasteiger charge is 2.37. The van der Waals surface area contributed by atoms with E-state index in [4.69, 9.17) is 9.47 Å². The first-order valence-electron chi connectivity index (χ1n) is 6.08. The highest BCUT2D eigenvalue weighted by Crippen LogP contribution is 2.26. The number of rotatable bonds is 6. The number of ether oxygens (including phenoxy) is 2. The van der Waals surface area contributed by atoms with Crippen LogP contribution in [0.5, 0.6) is 11.8 Å². The molecule has 1 rings (SSSR count). The van der Waals surface area contributed by atoms with Gasteiger partial charge in [0.05, 0.1) is 26.0 Å². The van der Waals surface area contributed by atoms with Crippen LogP contribution in [0.2, 0.25) is 0 Å². The molecular formula is C13H21N3O3. The molecule has 6 nitrogen and oxygen atoms in total. The molecule has 6 heteroatoms. The second kappa shape index (κ2) is 5.97. The van der Waals surface area contributed by atoms with Gasteiger partial charge in [-0.05, 0) is 27.4 Å². The largest absolute Gasteiger partial charge is 0.480 e. The lowest BCUT2D eigenvalue weighted by molar-refractivity contribution is 0.0700. The van der Waals surface area contributed by atoms with Crippen LogP contribution in [-0.2, 0) is 0 Å². The van der Waals surface area contributed by atoms with Crippen LogP contribution in [0, 0.1) is 0 Å². The second-order valence-electron chi connectivity index (χ2n) is 4.62. The molecule has 0 aliphatic carbocycles. The molecule has 1 unspecified atom stereocenters. The molecule has 0 amide bonds. The Morgan fingerprint density at radius 3 is 2.42 bits per heavy atom. The van der Waals surface area contributed by atoms with E-state index in [1.807, 2.05) is 32.8 Å². The lowest BCUT2D eigenvalue weighted by Gasteiger charge is -2.33. The summed E-state index contributed by atoms with van der Waals surface area (Å²) in [4.78, 5) is 22.7. The molecule has 0 fully saturated rings. The maximum atomic E-state index is 12.7. The highest BCUT2D eigenvalue weighted by molar-refractivity contribution is 6.03. The third-order valence-corrected chi connectivity index (χ3v) is 3.50. The van der Waals surface area contributed by atoms with Crippen molar-refractivity contribution < 1.29 is 14.3 Å².